The van der Waals surface area contributed by atoms with Crippen LogP contribution in [-0.2, 0) is 19.1 Å². The number of anilines is 1. The summed E-state index contributed by atoms with van der Waals surface area (Å²) < 4.78 is 16.5. The van der Waals surface area contributed by atoms with Crippen molar-refractivity contribution in [3.05, 3.63) is 53.6 Å². The number of carbonyl (C=O) groups is 3. The molecular formula is C26H28N2O6S. The Labute approximate surface area is 208 Å². The zero-order chi connectivity index (χ0) is 24.7. The van der Waals surface area contributed by atoms with Crippen molar-refractivity contribution >= 4 is 35.2 Å². The van der Waals surface area contributed by atoms with Crippen LogP contribution in [0, 0.1) is 18.8 Å². The Morgan fingerprint density at radius 2 is 1.89 bits per heavy atom. The van der Waals surface area contributed by atoms with Crippen molar-refractivity contribution < 1.29 is 28.6 Å². The number of benzene rings is 2. The molecule has 2 aromatic carbocycles. The second-order valence-electron chi connectivity index (χ2n) is 9.03. The summed E-state index contributed by atoms with van der Waals surface area (Å²) in [5.74, 6) is -1.24. The second-order valence-corrected chi connectivity index (χ2v) is 10.0. The highest BCUT2D eigenvalue weighted by molar-refractivity contribution is 7.98. The summed E-state index contributed by atoms with van der Waals surface area (Å²) in [5, 5.41) is 3.43. The summed E-state index contributed by atoms with van der Waals surface area (Å²) in [7, 11) is 1.32. The molecule has 0 unspecified atom stereocenters. The molecular weight excluding hydrogens is 468 g/mol. The van der Waals surface area contributed by atoms with Gasteiger partial charge in [-0.25, -0.2) is 4.90 Å². The van der Waals surface area contributed by atoms with Gasteiger partial charge in [0, 0.05) is 12.1 Å². The van der Waals surface area contributed by atoms with Crippen molar-refractivity contribution in [1.82, 2.24) is 5.32 Å². The summed E-state index contributed by atoms with van der Waals surface area (Å²) in [6, 6.07) is 12.3. The molecule has 2 amide bonds. The summed E-state index contributed by atoms with van der Waals surface area (Å²) in [5.41, 5.74) is 0.964. The van der Waals surface area contributed by atoms with Gasteiger partial charge in [-0.3, -0.25) is 19.7 Å². The van der Waals surface area contributed by atoms with E-state index in [-0.39, 0.29) is 5.91 Å². The number of amides is 2. The molecule has 35 heavy (non-hydrogen) atoms. The van der Waals surface area contributed by atoms with Crippen LogP contribution in [-0.4, -0.2) is 55.7 Å². The average molecular weight is 497 g/mol. The van der Waals surface area contributed by atoms with Crippen LogP contribution < -0.4 is 19.7 Å². The predicted molar refractivity (Wildman–Crippen MR) is 132 cm³/mol. The lowest BCUT2D eigenvalue weighted by atomic mass is 9.77. The molecule has 2 fully saturated rings. The van der Waals surface area contributed by atoms with Crippen LogP contribution >= 0.6 is 11.8 Å². The van der Waals surface area contributed by atoms with Gasteiger partial charge in [-0.1, -0.05) is 24.3 Å². The highest BCUT2D eigenvalue weighted by atomic mass is 32.2. The lowest BCUT2D eigenvalue weighted by Gasteiger charge is -2.32. The number of thioether (sulfide) groups is 1. The van der Waals surface area contributed by atoms with Crippen LogP contribution in [0.3, 0.4) is 0 Å². The molecule has 184 valence electrons. The van der Waals surface area contributed by atoms with E-state index in [2.05, 4.69) is 5.32 Å². The minimum absolute atomic E-state index is 0.340. The van der Waals surface area contributed by atoms with Gasteiger partial charge in [0.2, 0.25) is 11.8 Å². The van der Waals surface area contributed by atoms with Crippen molar-refractivity contribution in [3.8, 4) is 11.5 Å². The molecule has 8 nitrogen and oxygen atoms in total. The van der Waals surface area contributed by atoms with Gasteiger partial charge in [-0.2, -0.15) is 11.8 Å². The van der Waals surface area contributed by atoms with Crippen LogP contribution in [0.4, 0.5) is 5.69 Å². The monoisotopic (exact) mass is 496 g/mol. The normalized spacial score (nSPS) is 27.2. The standard InChI is InChI=1S/C26H28N2O6S/c1-15-6-4-5-7-17(15)22-20-21(26(27-22,10-13-35-3)25(31)32-2)24(30)28(23(20)29)16-8-9-18-19(14-16)34-12-11-33-18/h4-9,14,20-22,27H,10-13H2,1-3H3/t20-,21-,22+,26+/m0/s1. The molecule has 2 saturated heterocycles. The summed E-state index contributed by atoms with van der Waals surface area (Å²) in [4.78, 5) is 42.5. The van der Waals surface area contributed by atoms with E-state index in [1.165, 1.54) is 12.0 Å². The van der Waals surface area contributed by atoms with Crippen molar-refractivity contribution in [2.75, 3.05) is 37.2 Å². The molecule has 3 aliphatic rings. The van der Waals surface area contributed by atoms with Gasteiger partial charge in [0.15, 0.2) is 11.5 Å². The maximum Gasteiger partial charge on any atom is 0.326 e. The zero-order valence-corrected chi connectivity index (χ0v) is 20.7. The van der Waals surface area contributed by atoms with E-state index in [1.807, 2.05) is 37.4 Å². The second kappa shape index (κ2) is 9.20. The third-order valence-corrected chi connectivity index (χ3v) is 7.82. The number of esters is 1. The van der Waals surface area contributed by atoms with Crippen LogP contribution in [0.2, 0.25) is 0 Å². The van der Waals surface area contributed by atoms with Crippen LogP contribution in [0.15, 0.2) is 42.5 Å². The van der Waals surface area contributed by atoms with Gasteiger partial charge in [-0.05, 0) is 48.6 Å². The molecule has 4 atom stereocenters. The van der Waals surface area contributed by atoms with Crippen molar-refractivity contribution in [2.24, 2.45) is 11.8 Å². The number of rotatable bonds is 6. The number of ether oxygens (including phenoxy) is 3. The number of fused-ring (bicyclic) bond motifs is 2. The number of hydrogen-bond acceptors (Lipinski definition) is 8. The number of hydrogen-bond donors (Lipinski definition) is 1. The first kappa shape index (κ1) is 23.7. The Bertz CT molecular complexity index is 1190. The van der Waals surface area contributed by atoms with Gasteiger partial charge in [0.25, 0.3) is 0 Å². The molecule has 9 heteroatoms. The van der Waals surface area contributed by atoms with Gasteiger partial charge < -0.3 is 14.2 Å². The highest BCUT2D eigenvalue weighted by Crippen LogP contribution is 2.52. The zero-order valence-electron chi connectivity index (χ0n) is 19.9. The van der Waals surface area contributed by atoms with Crippen LogP contribution in [0.1, 0.15) is 23.6 Å². The Morgan fingerprint density at radius 1 is 1.14 bits per heavy atom. The summed E-state index contributed by atoms with van der Waals surface area (Å²) in [6.45, 7) is 2.80. The van der Waals surface area contributed by atoms with E-state index < -0.39 is 35.3 Å². The number of imide groups is 1. The number of nitrogens with zero attached hydrogens (tertiary/aromatic N) is 1. The van der Waals surface area contributed by atoms with E-state index in [9.17, 15) is 14.4 Å². The van der Waals surface area contributed by atoms with Crippen molar-refractivity contribution in [2.45, 2.75) is 24.9 Å². The summed E-state index contributed by atoms with van der Waals surface area (Å²) in [6.07, 6.45) is 2.30. The molecule has 0 aliphatic carbocycles. The maximum absolute atomic E-state index is 14.0. The minimum atomic E-state index is -1.31. The maximum atomic E-state index is 14.0. The average Bonchev–Trinajstić information content (AvgIpc) is 3.36. The molecule has 5 rings (SSSR count). The largest absolute Gasteiger partial charge is 0.486 e. The Morgan fingerprint density at radius 3 is 2.60 bits per heavy atom. The topological polar surface area (TPSA) is 94.2 Å². The third-order valence-electron chi connectivity index (χ3n) is 7.21. The fourth-order valence-corrected chi connectivity index (χ4v) is 6.12. The Hall–Kier alpha value is -3.04. The number of methoxy groups -OCH3 is 1. The van der Waals surface area contributed by atoms with E-state index in [0.29, 0.717) is 42.6 Å². The van der Waals surface area contributed by atoms with E-state index >= 15 is 0 Å². The van der Waals surface area contributed by atoms with Crippen LogP contribution in [0.5, 0.6) is 11.5 Å². The third kappa shape index (κ3) is 3.68. The molecule has 0 aromatic heterocycles. The lowest BCUT2D eigenvalue weighted by Crippen LogP contribution is -2.56. The number of aryl methyl sites for hydroxylation is 1. The van der Waals surface area contributed by atoms with Gasteiger partial charge in [0.05, 0.1) is 24.6 Å². The highest BCUT2D eigenvalue weighted by Gasteiger charge is 2.68. The van der Waals surface area contributed by atoms with Crippen molar-refractivity contribution in [3.63, 3.8) is 0 Å². The molecule has 3 aliphatic heterocycles. The van der Waals surface area contributed by atoms with Crippen molar-refractivity contribution in [1.29, 1.82) is 0 Å². The van der Waals surface area contributed by atoms with E-state index in [0.717, 1.165) is 11.1 Å². The first-order valence-electron chi connectivity index (χ1n) is 11.6. The first-order valence-corrected chi connectivity index (χ1v) is 13.0. The molecule has 0 spiro atoms. The van der Waals surface area contributed by atoms with E-state index in [4.69, 9.17) is 14.2 Å². The molecule has 3 heterocycles. The lowest BCUT2D eigenvalue weighted by molar-refractivity contribution is -0.152. The SMILES string of the molecule is COC(=O)[C@]1(CCSC)N[C@H](c2ccccc2C)[C@H]2C(=O)N(c3ccc4c(c3)OCCO4)C(=O)[C@H]21. The minimum Gasteiger partial charge on any atom is -0.486 e. The number of carbonyl (C=O) groups excluding carboxylic acids is 3. The summed E-state index contributed by atoms with van der Waals surface area (Å²) >= 11 is 1.58. The van der Waals surface area contributed by atoms with Gasteiger partial charge >= 0.3 is 5.97 Å². The Balaban J connectivity index is 1.63. The smallest absolute Gasteiger partial charge is 0.326 e. The van der Waals surface area contributed by atoms with E-state index in [1.54, 1.807) is 30.0 Å². The molecule has 0 saturated carbocycles. The predicted octanol–water partition coefficient (Wildman–Crippen LogP) is 2.88. The molecule has 0 bridgehead atoms. The first-order chi connectivity index (χ1) is 16.9. The molecule has 1 N–H and O–H groups in total. The number of nitrogens with one attached hydrogen (secondary N) is 1. The van der Waals surface area contributed by atoms with Crippen LogP contribution in [0.25, 0.3) is 0 Å². The fourth-order valence-electron chi connectivity index (χ4n) is 5.60. The molecule has 0 radical (unpaired) electrons. The fraction of sp³-hybridized carbons (Fsp3) is 0.423. The quantitative estimate of drug-likeness (QED) is 0.482. The van der Waals surface area contributed by atoms with Gasteiger partial charge in [0.1, 0.15) is 18.8 Å². The Kier molecular flexibility index (Phi) is 6.23. The van der Waals surface area contributed by atoms with Gasteiger partial charge in [-0.15, -0.1) is 0 Å². The molecule has 2 aromatic rings.